The summed E-state index contributed by atoms with van der Waals surface area (Å²) in [6.07, 6.45) is -0.407. The molecule has 0 amide bonds. The molecule has 0 aliphatic rings. The largest absolute Gasteiger partial charge is 0.481 e. The van der Waals surface area contributed by atoms with E-state index in [0.29, 0.717) is 4.90 Å². The minimum absolute atomic E-state index is 0.0239. The van der Waals surface area contributed by atoms with Gasteiger partial charge in [-0.25, -0.2) is 4.39 Å². The van der Waals surface area contributed by atoms with Gasteiger partial charge >= 0.3 is 5.97 Å². The van der Waals surface area contributed by atoms with Crippen LogP contribution in [0.2, 0.25) is 0 Å². The van der Waals surface area contributed by atoms with Gasteiger partial charge in [0.15, 0.2) is 5.82 Å². The molecule has 1 aromatic carbocycles. The zero-order valence-corrected chi connectivity index (χ0v) is 7.51. The lowest BCUT2D eigenvalue weighted by atomic mass is 10.1. The van der Waals surface area contributed by atoms with E-state index in [1.165, 1.54) is 12.1 Å². The van der Waals surface area contributed by atoms with Crippen LogP contribution in [0.3, 0.4) is 0 Å². The number of carbonyl (C=O) groups is 1. The Kier molecular flexibility index (Phi) is 2.77. The molecule has 0 spiro atoms. The van der Waals surface area contributed by atoms with Gasteiger partial charge in [0, 0.05) is 10.5 Å². The first-order chi connectivity index (χ1) is 6.02. The van der Waals surface area contributed by atoms with Crippen molar-refractivity contribution >= 4 is 24.3 Å². The van der Waals surface area contributed by atoms with Crippen molar-refractivity contribution in [2.75, 3.05) is 5.73 Å². The quantitative estimate of drug-likeness (QED) is 0.499. The molecule has 13 heavy (non-hydrogen) atoms. The normalized spacial score (nSPS) is 10.0. The Balaban J connectivity index is 3.17. The molecule has 1 aromatic rings. The first kappa shape index (κ1) is 9.85. The Morgan fingerprint density at radius 1 is 1.62 bits per heavy atom. The summed E-state index contributed by atoms with van der Waals surface area (Å²) >= 11 is 3.93. The molecule has 1 rings (SSSR count). The summed E-state index contributed by atoms with van der Waals surface area (Å²) in [6.45, 7) is 0. The Bertz CT molecular complexity index is 354. The number of thiol groups is 1. The average Bonchev–Trinajstić information content (AvgIpc) is 2.05. The van der Waals surface area contributed by atoms with Crippen LogP contribution in [0, 0.1) is 5.82 Å². The summed E-state index contributed by atoms with van der Waals surface area (Å²) in [5.74, 6) is -1.81. The second-order valence-corrected chi connectivity index (χ2v) is 3.02. The Labute approximate surface area is 79.8 Å². The van der Waals surface area contributed by atoms with Gasteiger partial charge in [0.1, 0.15) is 0 Å². The number of aliphatic carboxylic acids is 1. The minimum Gasteiger partial charge on any atom is -0.481 e. The predicted octanol–water partition coefficient (Wildman–Crippen LogP) is 1.32. The summed E-state index contributed by atoms with van der Waals surface area (Å²) in [4.78, 5) is 10.6. The zero-order valence-electron chi connectivity index (χ0n) is 6.62. The SMILES string of the molecule is Nc1ccc(S)c(CC(=O)O)c1F. The second kappa shape index (κ2) is 3.66. The van der Waals surface area contributed by atoms with E-state index in [1.54, 1.807) is 0 Å². The molecule has 5 heteroatoms. The molecular weight excluding hydrogens is 193 g/mol. The van der Waals surface area contributed by atoms with Gasteiger partial charge in [0.25, 0.3) is 0 Å². The topological polar surface area (TPSA) is 63.3 Å². The van der Waals surface area contributed by atoms with Crippen molar-refractivity contribution in [3.05, 3.63) is 23.5 Å². The van der Waals surface area contributed by atoms with E-state index < -0.39 is 18.2 Å². The smallest absolute Gasteiger partial charge is 0.307 e. The van der Waals surface area contributed by atoms with Crippen LogP contribution in [0.1, 0.15) is 5.56 Å². The Morgan fingerprint density at radius 2 is 2.23 bits per heavy atom. The predicted molar refractivity (Wildman–Crippen MR) is 49.4 cm³/mol. The van der Waals surface area contributed by atoms with E-state index in [-0.39, 0.29) is 11.3 Å². The number of nitrogens with two attached hydrogens (primary N) is 1. The number of anilines is 1. The molecule has 70 valence electrons. The molecule has 3 N–H and O–H groups in total. The number of nitrogen functional groups attached to an aromatic ring is 1. The maximum atomic E-state index is 13.2. The third-order valence-corrected chi connectivity index (χ3v) is 2.00. The lowest BCUT2D eigenvalue weighted by Crippen LogP contribution is -2.05. The number of benzene rings is 1. The molecule has 0 heterocycles. The molecule has 0 unspecified atom stereocenters. The van der Waals surface area contributed by atoms with Crippen molar-refractivity contribution in [2.45, 2.75) is 11.3 Å². The molecule has 0 saturated heterocycles. The molecule has 3 nitrogen and oxygen atoms in total. The fourth-order valence-corrected chi connectivity index (χ4v) is 1.20. The van der Waals surface area contributed by atoms with Gasteiger partial charge in [0.2, 0.25) is 0 Å². The third-order valence-electron chi connectivity index (χ3n) is 1.58. The molecular formula is C8H8FNO2S. The summed E-state index contributed by atoms with van der Waals surface area (Å²) in [7, 11) is 0. The van der Waals surface area contributed by atoms with Crippen LogP contribution in [0.25, 0.3) is 0 Å². The van der Waals surface area contributed by atoms with Crippen molar-refractivity contribution in [3.63, 3.8) is 0 Å². The summed E-state index contributed by atoms with van der Waals surface area (Å²) in [5.41, 5.74) is 5.23. The van der Waals surface area contributed by atoms with E-state index in [2.05, 4.69) is 12.6 Å². The Morgan fingerprint density at radius 3 is 2.77 bits per heavy atom. The molecule has 0 radical (unpaired) electrons. The van der Waals surface area contributed by atoms with Crippen molar-refractivity contribution in [1.82, 2.24) is 0 Å². The summed E-state index contributed by atoms with van der Waals surface area (Å²) in [6, 6.07) is 2.82. The van der Waals surface area contributed by atoms with Crippen LogP contribution < -0.4 is 5.73 Å². The highest BCUT2D eigenvalue weighted by Crippen LogP contribution is 2.22. The molecule has 0 aromatic heterocycles. The number of carboxylic acid groups (broad SMARTS) is 1. The van der Waals surface area contributed by atoms with Gasteiger partial charge in [-0.15, -0.1) is 12.6 Å². The minimum atomic E-state index is -1.11. The number of rotatable bonds is 2. The molecule has 0 saturated carbocycles. The van der Waals surface area contributed by atoms with Crippen molar-refractivity contribution in [2.24, 2.45) is 0 Å². The monoisotopic (exact) mass is 201 g/mol. The zero-order chi connectivity index (χ0) is 10.0. The van der Waals surface area contributed by atoms with Crippen molar-refractivity contribution in [3.8, 4) is 0 Å². The number of halogens is 1. The molecule has 0 aliphatic carbocycles. The standard InChI is InChI=1S/C8H8FNO2S/c9-8-4(3-7(11)12)6(13)2-1-5(8)10/h1-2,13H,3,10H2,(H,11,12). The lowest BCUT2D eigenvalue weighted by Gasteiger charge is -2.05. The Hall–Kier alpha value is -1.23. The maximum absolute atomic E-state index is 13.2. The van der Waals surface area contributed by atoms with Crippen LogP contribution in [0.15, 0.2) is 17.0 Å². The van der Waals surface area contributed by atoms with E-state index in [4.69, 9.17) is 10.8 Å². The highest BCUT2D eigenvalue weighted by atomic mass is 32.1. The lowest BCUT2D eigenvalue weighted by molar-refractivity contribution is -0.136. The first-order valence-electron chi connectivity index (χ1n) is 3.50. The van der Waals surface area contributed by atoms with Gasteiger partial charge in [-0.1, -0.05) is 0 Å². The van der Waals surface area contributed by atoms with E-state index in [9.17, 15) is 9.18 Å². The average molecular weight is 201 g/mol. The van der Waals surface area contributed by atoms with Crippen LogP contribution in [0.5, 0.6) is 0 Å². The highest BCUT2D eigenvalue weighted by Gasteiger charge is 2.12. The van der Waals surface area contributed by atoms with Crippen LogP contribution >= 0.6 is 12.6 Å². The van der Waals surface area contributed by atoms with Crippen LogP contribution in [0.4, 0.5) is 10.1 Å². The fourth-order valence-electron chi connectivity index (χ4n) is 0.949. The van der Waals surface area contributed by atoms with E-state index in [1.807, 2.05) is 0 Å². The van der Waals surface area contributed by atoms with Gasteiger partial charge in [-0.05, 0) is 12.1 Å². The highest BCUT2D eigenvalue weighted by molar-refractivity contribution is 7.80. The van der Waals surface area contributed by atoms with Crippen molar-refractivity contribution in [1.29, 1.82) is 0 Å². The van der Waals surface area contributed by atoms with Gasteiger partial charge in [-0.3, -0.25) is 4.79 Å². The van der Waals surface area contributed by atoms with E-state index >= 15 is 0 Å². The molecule has 0 bridgehead atoms. The van der Waals surface area contributed by atoms with Gasteiger partial charge in [0.05, 0.1) is 12.1 Å². The number of hydrogen-bond donors (Lipinski definition) is 3. The molecule has 0 atom stereocenters. The maximum Gasteiger partial charge on any atom is 0.307 e. The molecule has 0 fully saturated rings. The van der Waals surface area contributed by atoms with Crippen LogP contribution in [-0.2, 0) is 11.2 Å². The molecule has 0 aliphatic heterocycles. The number of hydrogen-bond acceptors (Lipinski definition) is 3. The number of carboxylic acids is 1. The van der Waals surface area contributed by atoms with Gasteiger partial charge < -0.3 is 10.8 Å². The second-order valence-electron chi connectivity index (χ2n) is 2.54. The van der Waals surface area contributed by atoms with Crippen LogP contribution in [-0.4, -0.2) is 11.1 Å². The third kappa shape index (κ3) is 2.12. The first-order valence-corrected chi connectivity index (χ1v) is 3.94. The van der Waals surface area contributed by atoms with Gasteiger partial charge in [-0.2, -0.15) is 0 Å². The summed E-state index contributed by atoms with van der Waals surface area (Å²) in [5, 5.41) is 8.47. The fraction of sp³-hybridized carbons (Fsp3) is 0.125. The van der Waals surface area contributed by atoms with Crippen molar-refractivity contribution < 1.29 is 14.3 Å². The summed E-state index contributed by atoms with van der Waals surface area (Å²) < 4.78 is 13.2. The van der Waals surface area contributed by atoms with E-state index in [0.717, 1.165) is 0 Å².